The minimum atomic E-state index is -0.738. The van der Waals surface area contributed by atoms with Gasteiger partial charge in [0.05, 0.1) is 0 Å². The van der Waals surface area contributed by atoms with Crippen molar-refractivity contribution in [3.63, 3.8) is 0 Å². The fourth-order valence-corrected chi connectivity index (χ4v) is 3.93. The van der Waals surface area contributed by atoms with E-state index in [-0.39, 0.29) is 18.0 Å². The molecule has 0 aromatic heterocycles. The Bertz CT molecular complexity index is 972. The summed E-state index contributed by atoms with van der Waals surface area (Å²) < 4.78 is 12.1. The molecule has 0 spiro atoms. The normalized spacial score (nSPS) is 28.6. The van der Waals surface area contributed by atoms with E-state index in [1.807, 2.05) is 84.9 Å². The van der Waals surface area contributed by atoms with Gasteiger partial charge in [-0.25, -0.2) is 0 Å². The molecule has 2 heterocycles. The minimum absolute atomic E-state index is 0.00944. The molecule has 134 valence electrons. The molecule has 2 fully saturated rings. The molecule has 4 atom stereocenters. The Kier molecular flexibility index (Phi) is 3.90. The topological polar surface area (TPSA) is 42.1 Å². The molecule has 2 aliphatic rings. The van der Waals surface area contributed by atoms with Gasteiger partial charge in [0.15, 0.2) is 17.5 Å². The van der Waals surface area contributed by atoms with Crippen LogP contribution >= 0.6 is 11.6 Å². The van der Waals surface area contributed by atoms with Gasteiger partial charge in [0.1, 0.15) is 12.2 Å². The molecule has 0 amide bonds. The highest BCUT2D eigenvalue weighted by Crippen LogP contribution is 2.61. The van der Waals surface area contributed by atoms with Gasteiger partial charge < -0.3 is 9.47 Å². The summed E-state index contributed by atoms with van der Waals surface area (Å²) in [6.07, 6.45) is -0.834. The van der Waals surface area contributed by atoms with Crippen LogP contribution in [0.5, 0.6) is 0 Å². The Labute approximate surface area is 162 Å². The molecule has 3 aromatic carbocycles. The first-order chi connectivity index (χ1) is 13.2. The monoisotopic (exact) mass is 376 g/mol. The van der Waals surface area contributed by atoms with E-state index >= 15 is 0 Å². The number of ether oxygens (including phenoxy) is 2. The van der Waals surface area contributed by atoms with Gasteiger partial charge in [0.2, 0.25) is 0 Å². The lowest BCUT2D eigenvalue weighted by atomic mass is 9.86. The number of Topliss-reactive ketones (excluding diaryl/α,β-unsaturated/α-hetero) is 1. The third-order valence-corrected chi connectivity index (χ3v) is 5.53. The van der Waals surface area contributed by atoms with Crippen molar-refractivity contribution in [1.29, 1.82) is 0 Å². The standard InChI is InChI=1S/C23H17ClO3/c24-18-13-11-16(12-14-18)20-22(26-20)23(17-9-5-2-6-10-17)21(27-23)19(25)15-7-3-1-4-8-15/h1-14,20-22H/t20-,21+,22+,23-/m1/s1. The number of carbonyl (C=O) groups excluding carboxylic acids is 1. The summed E-state index contributed by atoms with van der Waals surface area (Å²) in [7, 11) is 0. The van der Waals surface area contributed by atoms with E-state index in [0.29, 0.717) is 10.6 Å². The predicted molar refractivity (Wildman–Crippen MR) is 103 cm³/mol. The quantitative estimate of drug-likeness (QED) is 0.467. The summed E-state index contributed by atoms with van der Waals surface area (Å²) >= 11 is 5.99. The van der Waals surface area contributed by atoms with Crippen LogP contribution in [0, 0.1) is 0 Å². The van der Waals surface area contributed by atoms with Gasteiger partial charge in [0.25, 0.3) is 0 Å². The lowest BCUT2D eigenvalue weighted by Gasteiger charge is -2.11. The van der Waals surface area contributed by atoms with E-state index in [1.54, 1.807) is 0 Å². The average molecular weight is 377 g/mol. The van der Waals surface area contributed by atoms with Crippen molar-refractivity contribution in [1.82, 2.24) is 0 Å². The predicted octanol–water partition coefficient (Wildman–Crippen LogP) is 4.96. The lowest BCUT2D eigenvalue weighted by Crippen LogP contribution is -2.25. The Morgan fingerprint density at radius 1 is 0.852 bits per heavy atom. The highest BCUT2D eigenvalue weighted by atomic mass is 35.5. The number of hydrogen-bond acceptors (Lipinski definition) is 3. The molecule has 27 heavy (non-hydrogen) atoms. The van der Waals surface area contributed by atoms with Crippen molar-refractivity contribution < 1.29 is 14.3 Å². The van der Waals surface area contributed by atoms with Crippen molar-refractivity contribution in [2.45, 2.75) is 23.9 Å². The van der Waals surface area contributed by atoms with Gasteiger partial charge in [-0.15, -0.1) is 0 Å². The first-order valence-electron chi connectivity index (χ1n) is 8.94. The Morgan fingerprint density at radius 2 is 1.48 bits per heavy atom. The summed E-state index contributed by atoms with van der Waals surface area (Å²) in [4.78, 5) is 13.0. The summed E-state index contributed by atoms with van der Waals surface area (Å²) in [6.45, 7) is 0. The summed E-state index contributed by atoms with van der Waals surface area (Å²) in [5.41, 5.74) is 1.93. The summed E-state index contributed by atoms with van der Waals surface area (Å²) in [6, 6.07) is 26.8. The van der Waals surface area contributed by atoms with E-state index in [4.69, 9.17) is 21.1 Å². The molecule has 2 saturated heterocycles. The molecule has 3 nitrogen and oxygen atoms in total. The third kappa shape index (κ3) is 2.79. The number of hydrogen-bond donors (Lipinski definition) is 0. The number of rotatable bonds is 5. The molecule has 0 radical (unpaired) electrons. The van der Waals surface area contributed by atoms with Gasteiger partial charge in [-0.05, 0) is 23.3 Å². The molecule has 3 aromatic rings. The lowest BCUT2D eigenvalue weighted by molar-refractivity contribution is 0.0953. The first kappa shape index (κ1) is 16.7. The zero-order valence-corrected chi connectivity index (χ0v) is 15.2. The van der Waals surface area contributed by atoms with Crippen molar-refractivity contribution in [3.8, 4) is 0 Å². The van der Waals surface area contributed by atoms with Gasteiger partial charge in [-0.2, -0.15) is 0 Å². The van der Waals surface area contributed by atoms with E-state index < -0.39 is 11.7 Å². The fraction of sp³-hybridized carbons (Fsp3) is 0.174. The fourth-order valence-electron chi connectivity index (χ4n) is 3.81. The van der Waals surface area contributed by atoms with Crippen LogP contribution in [0.1, 0.15) is 27.6 Å². The summed E-state index contributed by atoms with van der Waals surface area (Å²) in [5.74, 6) is -0.00944. The number of epoxide rings is 2. The Hall–Kier alpha value is -2.46. The van der Waals surface area contributed by atoms with Crippen LogP contribution in [0.3, 0.4) is 0 Å². The third-order valence-electron chi connectivity index (χ3n) is 5.28. The zero-order valence-electron chi connectivity index (χ0n) is 14.4. The molecule has 0 aliphatic carbocycles. The van der Waals surface area contributed by atoms with Crippen LogP contribution in [-0.4, -0.2) is 18.0 Å². The number of ketones is 1. The van der Waals surface area contributed by atoms with Crippen LogP contribution < -0.4 is 0 Å². The van der Waals surface area contributed by atoms with Crippen LogP contribution in [0.15, 0.2) is 84.9 Å². The van der Waals surface area contributed by atoms with Crippen molar-refractivity contribution in [3.05, 3.63) is 107 Å². The Morgan fingerprint density at radius 3 is 2.15 bits per heavy atom. The van der Waals surface area contributed by atoms with E-state index in [9.17, 15) is 4.79 Å². The molecule has 0 bridgehead atoms. The second-order valence-corrected chi connectivity index (χ2v) is 7.35. The molecule has 2 aliphatic heterocycles. The SMILES string of the molecule is O=C(c1ccccc1)[C@@H]1O[C@@]1(c1ccccc1)[C@H]1O[C@@H]1c1ccc(Cl)cc1. The molecule has 0 saturated carbocycles. The van der Waals surface area contributed by atoms with Crippen molar-refractivity contribution >= 4 is 17.4 Å². The smallest absolute Gasteiger partial charge is 0.195 e. The second-order valence-electron chi connectivity index (χ2n) is 6.92. The highest BCUT2D eigenvalue weighted by molar-refractivity contribution is 6.30. The second kappa shape index (κ2) is 6.31. The number of benzene rings is 3. The minimum Gasteiger partial charge on any atom is -0.361 e. The average Bonchev–Trinajstić information content (AvgIpc) is 3.62. The van der Waals surface area contributed by atoms with Crippen molar-refractivity contribution in [2.75, 3.05) is 0 Å². The van der Waals surface area contributed by atoms with E-state index in [1.165, 1.54) is 0 Å². The molecule has 0 N–H and O–H groups in total. The molecular formula is C23H17ClO3. The van der Waals surface area contributed by atoms with Crippen LogP contribution in [0.4, 0.5) is 0 Å². The first-order valence-corrected chi connectivity index (χ1v) is 9.31. The van der Waals surface area contributed by atoms with Gasteiger partial charge >= 0.3 is 0 Å². The van der Waals surface area contributed by atoms with Crippen LogP contribution in [0.25, 0.3) is 0 Å². The Balaban J connectivity index is 1.47. The van der Waals surface area contributed by atoms with Gasteiger partial charge in [0, 0.05) is 10.6 Å². The van der Waals surface area contributed by atoms with E-state index in [2.05, 4.69) is 0 Å². The van der Waals surface area contributed by atoms with Crippen molar-refractivity contribution in [2.24, 2.45) is 0 Å². The van der Waals surface area contributed by atoms with Crippen LogP contribution in [0.2, 0.25) is 5.02 Å². The maximum absolute atomic E-state index is 13.0. The largest absolute Gasteiger partial charge is 0.361 e. The van der Waals surface area contributed by atoms with Gasteiger partial charge in [-0.1, -0.05) is 84.4 Å². The van der Waals surface area contributed by atoms with E-state index in [0.717, 1.165) is 11.1 Å². The highest BCUT2D eigenvalue weighted by Gasteiger charge is 2.73. The molecule has 5 rings (SSSR count). The summed E-state index contributed by atoms with van der Waals surface area (Å²) in [5, 5.41) is 0.688. The van der Waals surface area contributed by atoms with Crippen LogP contribution in [-0.2, 0) is 15.1 Å². The number of halogens is 1. The maximum Gasteiger partial charge on any atom is 0.195 e. The zero-order chi connectivity index (χ0) is 18.4. The maximum atomic E-state index is 13.0. The van der Waals surface area contributed by atoms with Gasteiger partial charge in [-0.3, -0.25) is 4.79 Å². The molecule has 4 heteroatoms. The molecular weight excluding hydrogens is 360 g/mol. The number of carbonyl (C=O) groups is 1. The molecule has 0 unspecified atom stereocenters.